The fourth-order valence-corrected chi connectivity index (χ4v) is 2.09. The highest BCUT2D eigenvalue weighted by molar-refractivity contribution is 7.92. The van der Waals surface area contributed by atoms with Gasteiger partial charge in [0.1, 0.15) is 11.5 Å². The lowest BCUT2D eigenvalue weighted by Gasteiger charge is -2.07. The quantitative estimate of drug-likeness (QED) is 0.752. The summed E-state index contributed by atoms with van der Waals surface area (Å²) in [5.41, 5.74) is 0.355. The van der Waals surface area contributed by atoms with Crippen molar-refractivity contribution in [1.82, 2.24) is 0 Å². The molecule has 94 valence electrons. The van der Waals surface area contributed by atoms with Crippen molar-refractivity contribution < 1.29 is 17.9 Å². The van der Waals surface area contributed by atoms with Crippen LogP contribution in [0.15, 0.2) is 24.3 Å². The van der Waals surface area contributed by atoms with Crippen LogP contribution in [0.1, 0.15) is 24.2 Å². The topological polar surface area (TPSA) is 60.4 Å². The lowest BCUT2D eigenvalue weighted by molar-refractivity contribution is 0.102. The molecule has 0 aliphatic carbocycles. The monoisotopic (exact) mass is 256 g/mol. The summed E-state index contributed by atoms with van der Waals surface area (Å²) in [6.45, 7) is 3.13. The number of sulfone groups is 1. The van der Waals surface area contributed by atoms with E-state index in [4.69, 9.17) is 4.74 Å². The number of rotatable bonds is 5. The molecule has 1 aromatic carbocycles. The van der Waals surface area contributed by atoms with Gasteiger partial charge in [-0.3, -0.25) is 4.79 Å². The van der Waals surface area contributed by atoms with Gasteiger partial charge in [-0.15, -0.1) is 0 Å². The normalized spacial score (nSPS) is 11.5. The van der Waals surface area contributed by atoms with Crippen LogP contribution in [0.5, 0.6) is 5.75 Å². The van der Waals surface area contributed by atoms with E-state index in [0.29, 0.717) is 11.3 Å². The van der Waals surface area contributed by atoms with Gasteiger partial charge in [0.2, 0.25) is 0 Å². The third-order valence-corrected chi connectivity index (χ3v) is 4.54. The molecule has 0 saturated carbocycles. The van der Waals surface area contributed by atoms with Crippen molar-refractivity contribution in [2.75, 3.05) is 12.9 Å². The van der Waals surface area contributed by atoms with Gasteiger partial charge in [-0.1, -0.05) is 12.1 Å². The number of benzene rings is 1. The van der Waals surface area contributed by atoms with E-state index >= 15 is 0 Å². The van der Waals surface area contributed by atoms with Crippen molar-refractivity contribution >= 4 is 15.6 Å². The fraction of sp³-hybridized carbons (Fsp3) is 0.417. The summed E-state index contributed by atoms with van der Waals surface area (Å²) in [5.74, 6) is -0.326. The molecule has 5 heteroatoms. The highest BCUT2D eigenvalue weighted by Gasteiger charge is 2.21. The Morgan fingerprint density at radius 2 is 2.00 bits per heavy atom. The van der Waals surface area contributed by atoms with Crippen LogP contribution in [0.3, 0.4) is 0 Å². The zero-order valence-electron chi connectivity index (χ0n) is 10.1. The van der Waals surface area contributed by atoms with E-state index < -0.39 is 26.6 Å². The number of ketones is 1. The summed E-state index contributed by atoms with van der Waals surface area (Å²) < 4.78 is 28.2. The summed E-state index contributed by atoms with van der Waals surface area (Å²) in [4.78, 5) is 11.8. The van der Waals surface area contributed by atoms with Crippen molar-refractivity contribution in [2.24, 2.45) is 0 Å². The zero-order valence-corrected chi connectivity index (χ0v) is 11.0. The first-order chi connectivity index (χ1) is 7.86. The zero-order chi connectivity index (χ0) is 13.1. The van der Waals surface area contributed by atoms with Gasteiger partial charge in [-0.25, -0.2) is 8.42 Å². The summed E-state index contributed by atoms with van der Waals surface area (Å²) in [6.07, 6.45) is 0. The molecule has 0 radical (unpaired) electrons. The molecule has 0 aliphatic rings. The van der Waals surface area contributed by atoms with Gasteiger partial charge < -0.3 is 4.74 Å². The van der Waals surface area contributed by atoms with Crippen LogP contribution in [-0.4, -0.2) is 32.3 Å². The second-order valence-corrected chi connectivity index (χ2v) is 6.57. The van der Waals surface area contributed by atoms with Crippen LogP contribution in [0.4, 0.5) is 0 Å². The Hall–Kier alpha value is -1.36. The first-order valence-electron chi connectivity index (χ1n) is 5.25. The average Bonchev–Trinajstić information content (AvgIpc) is 2.28. The minimum atomic E-state index is -3.36. The molecule has 0 bridgehead atoms. The number of hydrogen-bond acceptors (Lipinski definition) is 4. The number of hydrogen-bond donors (Lipinski definition) is 0. The van der Waals surface area contributed by atoms with Gasteiger partial charge in [0.15, 0.2) is 15.6 Å². The Balaban J connectivity index is 2.91. The second kappa shape index (κ2) is 5.31. The summed E-state index contributed by atoms with van der Waals surface area (Å²) in [6, 6.07) is 6.49. The Bertz CT molecular complexity index is 503. The largest absolute Gasteiger partial charge is 0.497 e. The molecular formula is C12H16O4S. The molecule has 0 fully saturated rings. The average molecular weight is 256 g/mol. The van der Waals surface area contributed by atoms with Gasteiger partial charge in [0, 0.05) is 5.56 Å². The van der Waals surface area contributed by atoms with Crippen LogP contribution in [0.25, 0.3) is 0 Å². The van der Waals surface area contributed by atoms with Crippen molar-refractivity contribution in [3.8, 4) is 5.75 Å². The number of carbonyl (C=O) groups is 1. The van der Waals surface area contributed by atoms with E-state index in [1.807, 2.05) is 0 Å². The lowest BCUT2D eigenvalue weighted by atomic mass is 10.1. The maximum Gasteiger partial charge on any atom is 0.178 e. The van der Waals surface area contributed by atoms with Gasteiger partial charge in [0.05, 0.1) is 12.4 Å². The molecular weight excluding hydrogens is 240 g/mol. The molecule has 0 saturated heterocycles. The van der Waals surface area contributed by atoms with Gasteiger partial charge >= 0.3 is 0 Å². The van der Waals surface area contributed by atoms with E-state index in [2.05, 4.69) is 0 Å². The standard InChI is InChI=1S/C12H16O4S/c1-9(2)17(14,15)8-12(13)10-5-4-6-11(7-10)16-3/h4-7,9H,8H2,1-3H3. The van der Waals surface area contributed by atoms with E-state index in [1.54, 1.807) is 32.0 Å². The third-order valence-electron chi connectivity index (χ3n) is 2.44. The number of Topliss-reactive ketones (excluding diaryl/α,β-unsaturated/α-hetero) is 1. The van der Waals surface area contributed by atoms with Crippen molar-refractivity contribution in [3.05, 3.63) is 29.8 Å². The molecule has 0 aliphatic heterocycles. The van der Waals surface area contributed by atoms with E-state index in [9.17, 15) is 13.2 Å². The van der Waals surface area contributed by atoms with Gasteiger partial charge in [0.25, 0.3) is 0 Å². The van der Waals surface area contributed by atoms with Crippen LogP contribution < -0.4 is 4.74 Å². The van der Waals surface area contributed by atoms with Crippen molar-refractivity contribution in [3.63, 3.8) is 0 Å². The van der Waals surface area contributed by atoms with Crippen molar-refractivity contribution in [2.45, 2.75) is 19.1 Å². The highest BCUT2D eigenvalue weighted by atomic mass is 32.2. The minimum Gasteiger partial charge on any atom is -0.497 e. The number of methoxy groups -OCH3 is 1. The summed E-state index contributed by atoms with van der Waals surface area (Å²) >= 11 is 0. The number of ether oxygens (including phenoxy) is 1. The van der Waals surface area contributed by atoms with Crippen LogP contribution in [0.2, 0.25) is 0 Å². The van der Waals surface area contributed by atoms with E-state index in [-0.39, 0.29) is 0 Å². The molecule has 0 unspecified atom stereocenters. The predicted molar refractivity (Wildman–Crippen MR) is 66.2 cm³/mol. The Morgan fingerprint density at radius 1 is 1.35 bits per heavy atom. The molecule has 17 heavy (non-hydrogen) atoms. The fourth-order valence-electron chi connectivity index (χ4n) is 1.23. The first-order valence-corrected chi connectivity index (χ1v) is 6.97. The third kappa shape index (κ3) is 3.56. The molecule has 1 aromatic rings. The molecule has 0 atom stereocenters. The second-order valence-electron chi connectivity index (χ2n) is 4.01. The summed E-state index contributed by atoms with van der Waals surface area (Å²) in [7, 11) is -1.86. The molecule has 0 aromatic heterocycles. The van der Waals surface area contributed by atoms with Crippen molar-refractivity contribution in [1.29, 1.82) is 0 Å². The molecule has 1 rings (SSSR count). The molecule has 4 nitrogen and oxygen atoms in total. The Kier molecular flexibility index (Phi) is 4.28. The summed E-state index contributed by atoms with van der Waals surface area (Å²) in [5, 5.41) is -0.544. The van der Waals surface area contributed by atoms with E-state index in [1.165, 1.54) is 13.2 Å². The lowest BCUT2D eigenvalue weighted by Crippen LogP contribution is -2.23. The highest BCUT2D eigenvalue weighted by Crippen LogP contribution is 2.14. The Morgan fingerprint density at radius 3 is 2.53 bits per heavy atom. The first kappa shape index (κ1) is 13.7. The van der Waals surface area contributed by atoms with Gasteiger partial charge in [-0.2, -0.15) is 0 Å². The maximum atomic E-state index is 11.8. The molecule has 0 amide bonds. The molecule has 0 heterocycles. The van der Waals surface area contributed by atoms with Gasteiger partial charge in [-0.05, 0) is 26.0 Å². The smallest absolute Gasteiger partial charge is 0.178 e. The SMILES string of the molecule is COc1cccc(C(=O)CS(=O)(=O)C(C)C)c1. The van der Waals surface area contributed by atoms with Crippen LogP contribution in [0, 0.1) is 0 Å². The minimum absolute atomic E-state index is 0.355. The van der Waals surface area contributed by atoms with Crippen LogP contribution in [-0.2, 0) is 9.84 Å². The van der Waals surface area contributed by atoms with E-state index in [0.717, 1.165) is 0 Å². The molecule has 0 spiro atoms. The maximum absolute atomic E-state index is 11.8. The predicted octanol–water partition coefficient (Wildman–Crippen LogP) is 1.70. The molecule has 0 N–H and O–H groups in total. The Labute approximate surface area is 102 Å². The number of carbonyl (C=O) groups excluding carboxylic acids is 1. The van der Waals surface area contributed by atoms with Crippen LogP contribution >= 0.6 is 0 Å².